The Hall–Kier alpha value is -1.18. The number of benzene rings is 1. The van der Waals surface area contributed by atoms with Gasteiger partial charge in [0.1, 0.15) is 0 Å². The van der Waals surface area contributed by atoms with Gasteiger partial charge in [-0.15, -0.1) is 0 Å². The van der Waals surface area contributed by atoms with Crippen LogP contribution in [0.3, 0.4) is 0 Å². The van der Waals surface area contributed by atoms with Crippen LogP contribution in [0.1, 0.15) is 19.4 Å². The fraction of sp³-hybridized carbons (Fsp3) is 0.455. The molecule has 0 aliphatic carbocycles. The van der Waals surface area contributed by atoms with Crippen molar-refractivity contribution in [3.05, 3.63) is 23.8 Å². The molecule has 13 heavy (non-hydrogen) atoms. The summed E-state index contributed by atoms with van der Waals surface area (Å²) in [7, 11) is 0. The molecule has 1 rings (SSSR count). The number of nitrogens with one attached hydrogen (secondary N) is 1. The monoisotopic (exact) mass is 178 g/mol. The van der Waals surface area contributed by atoms with E-state index in [2.05, 4.69) is 25.2 Å². The molecule has 0 unspecified atom stereocenters. The van der Waals surface area contributed by atoms with Crippen LogP contribution in [0.15, 0.2) is 18.2 Å². The SMILES string of the molecule is Cc1cc(NCC(C)C)ccc1N. The molecule has 1 aromatic rings. The lowest BCUT2D eigenvalue weighted by molar-refractivity contribution is 0.689. The fourth-order valence-corrected chi connectivity index (χ4v) is 1.11. The molecule has 0 bridgehead atoms. The van der Waals surface area contributed by atoms with Crippen LogP contribution in [0.25, 0.3) is 0 Å². The number of aryl methyl sites for hydroxylation is 1. The maximum absolute atomic E-state index is 5.72. The molecule has 3 N–H and O–H groups in total. The smallest absolute Gasteiger partial charge is 0.0345 e. The summed E-state index contributed by atoms with van der Waals surface area (Å²) < 4.78 is 0. The van der Waals surface area contributed by atoms with Gasteiger partial charge in [-0.2, -0.15) is 0 Å². The third-order valence-corrected chi connectivity index (χ3v) is 1.98. The molecule has 0 radical (unpaired) electrons. The van der Waals surface area contributed by atoms with Gasteiger partial charge in [-0.25, -0.2) is 0 Å². The molecule has 2 nitrogen and oxygen atoms in total. The normalized spacial score (nSPS) is 10.5. The van der Waals surface area contributed by atoms with E-state index in [1.165, 1.54) is 0 Å². The lowest BCUT2D eigenvalue weighted by Crippen LogP contribution is -2.08. The van der Waals surface area contributed by atoms with Crippen molar-refractivity contribution in [2.75, 3.05) is 17.6 Å². The van der Waals surface area contributed by atoms with Crippen molar-refractivity contribution in [1.82, 2.24) is 0 Å². The summed E-state index contributed by atoms with van der Waals surface area (Å²) in [6, 6.07) is 6.04. The maximum Gasteiger partial charge on any atom is 0.0345 e. The van der Waals surface area contributed by atoms with Crippen LogP contribution in [0.5, 0.6) is 0 Å². The van der Waals surface area contributed by atoms with Crippen molar-refractivity contribution >= 4 is 11.4 Å². The molecule has 0 spiro atoms. The van der Waals surface area contributed by atoms with E-state index in [0.717, 1.165) is 23.5 Å². The number of anilines is 2. The molecule has 0 saturated carbocycles. The summed E-state index contributed by atoms with van der Waals surface area (Å²) in [5, 5.41) is 3.36. The van der Waals surface area contributed by atoms with Crippen LogP contribution in [0.4, 0.5) is 11.4 Å². The van der Waals surface area contributed by atoms with Gasteiger partial charge in [0.15, 0.2) is 0 Å². The highest BCUT2D eigenvalue weighted by Crippen LogP contribution is 2.16. The van der Waals surface area contributed by atoms with Gasteiger partial charge < -0.3 is 11.1 Å². The summed E-state index contributed by atoms with van der Waals surface area (Å²) in [6.45, 7) is 7.41. The average molecular weight is 178 g/mol. The molecule has 0 aliphatic rings. The summed E-state index contributed by atoms with van der Waals surface area (Å²) >= 11 is 0. The summed E-state index contributed by atoms with van der Waals surface area (Å²) in [5.41, 5.74) is 8.86. The highest BCUT2D eigenvalue weighted by Gasteiger charge is 1.97. The molecule has 0 amide bonds. The topological polar surface area (TPSA) is 38.0 Å². The Morgan fingerprint density at radius 1 is 1.38 bits per heavy atom. The second-order valence-corrected chi connectivity index (χ2v) is 3.85. The Morgan fingerprint density at radius 3 is 2.62 bits per heavy atom. The fourth-order valence-electron chi connectivity index (χ4n) is 1.11. The molecule has 0 atom stereocenters. The van der Waals surface area contributed by atoms with Gasteiger partial charge >= 0.3 is 0 Å². The average Bonchev–Trinajstić information content (AvgIpc) is 2.07. The predicted octanol–water partition coefficient (Wildman–Crippen LogP) is 2.65. The first kappa shape index (κ1) is 9.90. The molecule has 1 aromatic carbocycles. The molecule has 0 aromatic heterocycles. The van der Waals surface area contributed by atoms with Crippen molar-refractivity contribution in [1.29, 1.82) is 0 Å². The molecule has 0 aliphatic heterocycles. The third-order valence-electron chi connectivity index (χ3n) is 1.98. The second kappa shape index (κ2) is 4.17. The number of hydrogen-bond donors (Lipinski definition) is 2. The van der Waals surface area contributed by atoms with Crippen LogP contribution in [-0.2, 0) is 0 Å². The first-order valence-corrected chi connectivity index (χ1v) is 4.69. The summed E-state index contributed by atoms with van der Waals surface area (Å²) in [6.07, 6.45) is 0. The van der Waals surface area contributed by atoms with Crippen molar-refractivity contribution in [3.63, 3.8) is 0 Å². The number of nitrogens with two attached hydrogens (primary N) is 1. The van der Waals surface area contributed by atoms with Crippen molar-refractivity contribution in [3.8, 4) is 0 Å². The molecular formula is C11H18N2. The van der Waals surface area contributed by atoms with Crippen LogP contribution in [0.2, 0.25) is 0 Å². The summed E-state index contributed by atoms with van der Waals surface area (Å²) in [4.78, 5) is 0. The van der Waals surface area contributed by atoms with Crippen molar-refractivity contribution in [2.45, 2.75) is 20.8 Å². The van der Waals surface area contributed by atoms with E-state index >= 15 is 0 Å². The van der Waals surface area contributed by atoms with E-state index in [4.69, 9.17) is 5.73 Å². The zero-order valence-electron chi connectivity index (χ0n) is 8.59. The Morgan fingerprint density at radius 2 is 2.08 bits per heavy atom. The Kier molecular flexibility index (Phi) is 3.18. The highest BCUT2D eigenvalue weighted by atomic mass is 14.9. The second-order valence-electron chi connectivity index (χ2n) is 3.85. The number of nitrogen functional groups attached to an aromatic ring is 1. The van der Waals surface area contributed by atoms with Crippen LogP contribution in [0, 0.1) is 12.8 Å². The first-order chi connectivity index (χ1) is 6.09. The van der Waals surface area contributed by atoms with E-state index in [1.807, 2.05) is 19.1 Å². The first-order valence-electron chi connectivity index (χ1n) is 4.69. The van der Waals surface area contributed by atoms with Gasteiger partial charge in [-0.05, 0) is 36.6 Å². The van der Waals surface area contributed by atoms with Crippen LogP contribution in [-0.4, -0.2) is 6.54 Å². The number of hydrogen-bond acceptors (Lipinski definition) is 2. The van der Waals surface area contributed by atoms with Crippen LogP contribution >= 0.6 is 0 Å². The largest absolute Gasteiger partial charge is 0.399 e. The van der Waals surface area contributed by atoms with Gasteiger partial charge in [0, 0.05) is 17.9 Å². The summed E-state index contributed by atoms with van der Waals surface area (Å²) in [5.74, 6) is 0.665. The Labute approximate surface area is 80.1 Å². The van der Waals surface area contributed by atoms with E-state index < -0.39 is 0 Å². The van der Waals surface area contributed by atoms with Gasteiger partial charge in [-0.3, -0.25) is 0 Å². The molecule has 0 fully saturated rings. The molecule has 2 heteroatoms. The van der Waals surface area contributed by atoms with E-state index in [1.54, 1.807) is 0 Å². The van der Waals surface area contributed by atoms with E-state index in [9.17, 15) is 0 Å². The Balaban J connectivity index is 2.63. The Bertz CT molecular complexity index is 279. The van der Waals surface area contributed by atoms with Crippen LogP contribution < -0.4 is 11.1 Å². The lowest BCUT2D eigenvalue weighted by atomic mass is 10.1. The third kappa shape index (κ3) is 2.98. The van der Waals surface area contributed by atoms with E-state index in [0.29, 0.717) is 5.92 Å². The minimum atomic E-state index is 0.665. The lowest BCUT2D eigenvalue weighted by Gasteiger charge is -2.10. The minimum Gasteiger partial charge on any atom is -0.399 e. The maximum atomic E-state index is 5.72. The molecule has 0 heterocycles. The van der Waals surface area contributed by atoms with Gasteiger partial charge in [0.25, 0.3) is 0 Å². The minimum absolute atomic E-state index is 0.665. The molecular weight excluding hydrogens is 160 g/mol. The zero-order valence-corrected chi connectivity index (χ0v) is 8.59. The van der Waals surface area contributed by atoms with Crippen molar-refractivity contribution < 1.29 is 0 Å². The zero-order chi connectivity index (χ0) is 9.84. The predicted molar refractivity (Wildman–Crippen MR) is 58.9 cm³/mol. The number of rotatable bonds is 3. The van der Waals surface area contributed by atoms with Gasteiger partial charge in [-0.1, -0.05) is 13.8 Å². The standard InChI is InChI=1S/C11H18N2/c1-8(2)7-13-10-4-5-11(12)9(3)6-10/h4-6,8,13H,7,12H2,1-3H3. The quantitative estimate of drug-likeness (QED) is 0.698. The highest BCUT2D eigenvalue weighted by molar-refractivity contribution is 5.56. The van der Waals surface area contributed by atoms with Gasteiger partial charge in [0.2, 0.25) is 0 Å². The van der Waals surface area contributed by atoms with Gasteiger partial charge in [0.05, 0.1) is 0 Å². The molecule has 72 valence electrons. The molecule has 0 saturated heterocycles. The van der Waals surface area contributed by atoms with Crippen molar-refractivity contribution in [2.24, 2.45) is 5.92 Å². The van der Waals surface area contributed by atoms with E-state index in [-0.39, 0.29) is 0 Å².